The molecule has 26 heavy (non-hydrogen) atoms. The van der Waals surface area contributed by atoms with Gasteiger partial charge < -0.3 is 0 Å². The Balaban J connectivity index is 2.02. The number of ketones is 1. The van der Waals surface area contributed by atoms with Crippen molar-refractivity contribution in [1.82, 2.24) is 0 Å². The third kappa shape index (κ3) is 3.68. The van der Waals surface area contributed by atoms with E-state index in [0.717, 1.165) is 34.4 Å². The first kappa shape index (κ1) is 18.3. The van der Waals surface area contributed by atoms with E-state index in [1.165, 1.54) is 0 Å². The molecule has 0 N–H and O–H groups in total. The van der Waals surface area contributed by atoms with Crippen LogP contribution in [-0.4, -0.2) is 5.78 Å². The molecule has 0 bridgehead atoms. The fourth-order valence-electron chi connectivity index (χ4n) is 2.84. The summed E-state index contributed by atoms with van der Waals surface area (Å²) in [5.41, 5.74) is 3.85. The zero-order valence-corrected chi connectivity index (χ0v) is 15.9. The Hall–Kier alpha value is -2.52. The number of Topliss-reactive ketones (excluding diaryl/α,β-unsaturated/α-hetero) is 1. The molecular weight excluding hydrogens is 344 g/mol. The summed E-state index contributed by atoms with van der Waals surface area (Å²) in [6, 6.07) is 14.8. The maximum absolute atomic E-state index is 12.9. The summed E-state index contributed by atoms with van der Waals surface area (Å²) in [6.07, 6.45) is 4.55. The van der Waals surface area contributed by atoms with Gasteiger partial charge in [-0.15, -0.1) is 0 Å². The molecular formula is C22H21ClN2O. The fourth-order valence-corrected chi connectivity index (χ4v) is 2.97. The van der Waals surface area contributed by atoms with E-state index >= 15 is 0 Å². The van der Waals surface area contributed by atoms with Crippen molar-refractivity contribution in [1.29, 1.82) is 0 Å². The van der Waals surface area contributed by atoms with E-state index in [0.29, 0.717) is 5.02 Å². The number of halogens is 1. The summed E-state index contributed by atoms with van der Waals surface area (Å²) < 4.78 is 0. The summed E-state index contributed by atoms with van der Waals surface area (Å²) in [6.45, 7) is 6.29. The quantitative estimate of drug-likeness (QED) is 0.537. The monoisotopic (exact) mass is 364 g/mol. The molecule has 0 saturated carbocycles. The number of benzene rings is 2. The second-order valence-corrected chi connectivity index (χ2v) is 7.38. The minimum absolute atomic E-state index is 0.0965. The Morgan fingerprint density at radius 1 is 1.04 bits per heavy atom. The topological polar surface area (TPSA) is 41.8 Å². The summed E-state index contributed by atoms with van der Waals surface area (Å²) in [5.74, 6) is 0.0965. The standard InChI is InChI=1S/C22H21ClN2O/c1-4-22(2,3)20-13-15(18-7-5-6-8-19(18)21(20)26)14-24-25-17-11-9-16(23)10-12-17/h5-14H,4H2,1-3H3. The van der Waals surface area contributed by atoms with Crippen LogP contribution in [0.4, 0.5) is 5.69 Å². The SMILES string of the molecule is CCC(C)(C)C1=CC(=CN=Nc2ccc(Cl)cc2)c2ccccc2C1=O. The molecule has 0 heterocycles. The lowest BCUT2D eigenvalue weighted by Crippen LogP contribution is -2.24. The molecule has 4 heteroatoms. The zero-order chi connectivity index (χ0) is 18.7. The second-order valence-electron chi connectivity index (χ2n) is 6.95. The molecule has 0 aromatic heterocycles. The predicted molar refractivity (Wildman–Crippen MR) is 107 cm³/mol. The van der Waals surface area contributed by atoms with Crippen molar-refractivity contribution in [2.24, 2.45) is 15.6 Å². The highest BCUT2D eigenvalue weighted by atomic mass is 35.5. The average molecular weight is 365 g/mol. The van der Waals surface area contributed by atoms with Gasteiger partial charge in [-0.2, -0.15) is 10.2 Å². The minimum atomic E-state index is -0.197. The molecule has 0 fully saturated rings. The summed E-state index contributed by atoms with van der Waals surface area (Å²) in [4.78, 5) is 12.9. The molecule has 3 rings (SSSR count). The largest absolute Gasteiger partial charge is 0.289 e. The molecule has 3 nitrogen and oxygen atoms in total. The van der Waals surface area contributed by atoms with Gasteiger partial charge in [-0.05, 0) is 47.7 Å². The van der Waals surface area contributed by atoms with Crippen molar-refractivity contribution in [3.8, 4) is 0 Å². The van der Waals surface area contributed by atoms with E-state index < -0.39 is 0 Å². The van der Waals surface area contributed by atoms with E-state index in [4.69, 9.17) is 11.6 Å². The number of fused-ring (bicyclic) bond motifs is 1. The van der Waals surface area contributed by atoms with E-state index in [1.807, 2.05) is 42.5 Å². The highest BCUT2D eigenvalue weighted by molar-refractivity contribution is 6.30. The number of rotatable bonds is 4. The third-order valence-corrected chi connectivity index (χ3v) is 5.09. The van der Waals surface area contributed by atoms with Crippen LogP contribution in [0, 0.1) is 5.41 Å². The number of carbonyl (C=O) groups excluding carboxylic acids is 1. The van der Waals surface area contributed by atoms with Crippen molar-refractivity contribution in [3.05, 3.63) is 82.5 Å². The average Bonchev–Trinajstić information content (AvgIpc) is 2.65. The number of allylic oxidation sites excluding steroid dienone is 3. The maximum Gasteiger partial charge on any atom is 0.190 e. The molecule has 0 aliphatic heterocycles. The first-order valence-electron chi connectivity index (χ1n) is 8.65. The predicted octanol–water partition coefficient (Wildman–Crippen LogP) is 7.02. The lowest BCUT2D eigenvalue weighted by atomic mass is 9.73. The Morgan fingerprint density at radius 3 is 2.35 bits per heavy atom. The van der Waals surface area contributed by atoms with Crippen LogP contribution < -0.4 is 0 Å². The van der Waals surface area contributed by atoms with E-state index in [9.17, 15) is 4.79 Å². The molecule has 0 amide bonds. The Morgan fingerprint density at radius 2 is 1.69 bits per heavy atom. The van der Waals surface area contributed by atoms with Crippen LogP contribution in [0.15, 0.2) is 76.6 Å². The van der Waals surface area contributed by atoms with Crippen LogP contribution in [0.3, 0.4) is 0 Å². The van der Waals surface area contributed by atoms with Crippen molar-refractivity contribution >= 4 is 28.6 Å². The van der Waals surface area contributed by atoms with Crippen LogP contribution >= 0.6 is 11.6 Å². The number of hydrogen-bond donors (Lipinski definition) is 0. The van der Waals surface area contributed by atoms with Gasteiger partial charge >= 0.3 is 0 Å². The van der Waals surface area contributed by atoms with Crippen molar-refractivity contribution in [2.45, 2.75) is 27.2 Å². The highest BCUT2D eigenvalue weighted by Crippen LogP contribution is 2.39. The van der Waals surface area contributed by atoms with Crippen LogP contribution in [0.1, 0.15) is 43.1 Å². The van der Waals surface area contributed by atoms with Gasteiger partial charge in [0.1, 0.15) is 0 Å². The Bertz CT molecular complexity index is 921. The molecule has 0 atom stereocenters. The summed E-state index contributed by atoms with van der Waals surface area (Å²) >= 11 is 5.89. The van der Waals surface area contributed by atoms with E-state index in [2.05, 4.69) is 31.0 Å². The zero-order valence-electron chi connectivity index (χ0n) is 15.2. The molecule has 1 aliphatic rings. The molecule has 0 saturated heterocycles. The smallest absolute Gasteiger partial charge is 0.190 e. The Kier molecular flexibility index (Phi) is 5.19. The molecule has 1 aliphatic carbocycles. The first-order valence-corrected chi connectivity index (χ1v) is 9.03. The van der Waals surface area contributed by atoms with Crippen LogP contribution in [-0.2, 0) is 0 Å². The highest BCUT2D eigenvalue weighted by Gasteiger charge is 2.32. The normalized spacial score (nSPS) is 16.1. The molecule has 0 radical (unpaired) electrons. The van der Waals surface area contributed by atoms with Gasteiger partial charge in [-0.3, -0.25) is 4.79 Å². The molecule has 2 aromatic rings. The number of nitrogens with zero attached hydrogens (tertiary/aromatic N) is 2. The first-order chi connectivity index (χ1) is 12.4. The van der Waals surface area contributed by atoms with E-state index in [1.54, 1.807) is 18.3 Å². The Labute approximate surface area is 159 Å². The van der Waals surface area contributed by atoms with Gasteiger partial charge in [0.25, 0.3) is 0 Å². The minimum Gasteiger partial charge on any atom is -0.289 e. The van der Waals surface area contributed by atoms with Gasteiger partial charge in [-0.1, -0.05) is 56.6 Å². The molecule has 0 spiro atoms. The summed E-state index contributed by atoms with van der Waals surface area (Å²) in [7, 11) is 0. The molecule has 2 aromatic carbocycles. The van der Waals surface area contributed by atoms with Gasteiger partial charge in [-0.25, -0.2) is 0 Å². The second kappa shape index (κ2) is 7.38. The van der Waals surface area contributed by atoms with Crippen LogP contribution in [0.5, 0.6) is 0 Å². The fraction of sp³-hybridized carbons (Fsp3) is 0.227. The number of carbonyl (C=O) groups is 1. The van der Waals surface area contributed by atoms with Gasteiger partial charge in [0, 0.05) is 21.7 Å². The van der Waals surface area contributed by atoms with Crippen molar-refractivity contribution in [2.75, 3.05) is 0 Å². The molecule has 0 unspecified atom stereocenters. The van der Waals surface area contributed by atoms with Crippen molar-refractivity contribution < 1.29 is 4.79 Å². The molecule has 132 valence electrons. The number of azo groups is 1. The summed E-state index contributed by atoms with van der Waals surface area (Å²) in [5, 5.41) is 9.11. The van der Waals surface area contributed by atoms with Crippen LogP contribution in [0.2, 0.25) is 5.02 Å². The van der Waals surface area contributed by atoms with Crippen LogP contribution in [0.25, 0.3) is 5.57 Å². The lowest BCUT2D eigenvalue weighted by Gasteiger charge is -2.29. The van der Waals surface area contributed by atoms with Gasteiger partial charge in [0.15, 0.2) is 5.78 Å². The van der Waals surface area contributed by atoms with Gasteiger partial charge in [0.05, 0.1) is 11.9 Å². The van der Waals surface area contributed by atoms with E-state index in [-0.39, 0.29) is 11.2 Å². The lowest BCUT2D eigenvalue weighted by molar-refractivity contribution is 0.100. The van der Waals surface area contributed by atoms with Crippen molar-refractivity contribution in [3.63, 3.8) is 0 Å². The van der Waals surface area contributed by atoms with Gasteiger partial charge in [0.2, 0.25) is 0 Å². The third-order valence-electron chi connectivity index (χ3n) is 4.84. The number of hydrogen-bond acceptors (Lipinski definition) is 3. The maximum atomic E-state index is 12.9.